The van der Waals surface area contributed by atoms with Gasteiger partial charge in [-0.1, -0.05) is 11.6 Å². The number of carboxylic acids is 1. The molecule has 2 heterocycles. The van der Waals surface area contributed by atoms with Crippen molar-refractivity contribution in [1.82, 2.24) is 10.2 Å². The number of amides is 1. The average molecular weight is 396 g/mol. The molecule has 1 amide bonds. The number of nitrogens with zero attached hydrogens (tertiary/aromatic N) is 1. The third kappa shape index (κ3) is 4.47. The van der Waals surface area contributed by atoms with Gasteiger partial charge in [-0.15, -0.1) is 0 Å². The van der Waals surface area contributed by atoms with Gasteiger partial charge in [0.1, 0.15) is 5.75 Å². The number of benzene rings is 1. The number of fused-ring (bicyclic) bond motifs is 2. The summed E-state index contributed by atoms with van der Waals surface area (Å²) in [6.45, 7) is 0.809. The maximum absolute atomic E-state index is 12.7. The van der Waals surface area contributed by atoms with Gasteiger partial charge in [0.2, 0.25) is 0 Å². The maximum atomic E-state index is 12.7. The monoisotopic (exact) mass is 395 g/mol. The first kappa shape index (κ1) is 19.8. The first-order valence-corrected chi connectivity index (χ1v) is 9.68. The second kappa shape index (κ2) is 8.35. The van der Waals surface area contributed by atoms with E-state index in [4.69, 9.17) is 27.2 Å². The summed E-state index contributed by atoms with van der Waals surface area (Å²) in [4.78, 5) is 25.9. The van der Waals surface area contributed by atoms with Crippen molar-refractivity contribution in [3.8, 4) is 5.75 Å². The number of nitrogens with one attached hydrogen (secondary N) is 1. The number of aliphatic carboxylic acids is 1. The molecule has 2 bridgehead atoms. The van der Waals surface area contributed by atoms with E-state index in [0.29, 0.717) is 40.5 Å². The fourth-order valence-corrected chi connectivity index (χ4v) is 4.51. The zero-order valence-electron chi connectivity index (χ0n) is 15.4. The zero-order valence-corrected chi connectivity index (χ0v) is 16.2. The Labute approximate surface area is 163 Å². The zero-order chi connectivity index (χ0) is 19.6. The Morgan fingerprint density at radius 1 is 1.33 bits per heavy atom. The number of ether oxygens (including phenoxy) is 1. The summed E-state index contributed by atoms with van der Waals surface area (Å²) in [6, 6.07) is 4.00. The molecule has 0 aromatic heterocycles. The lowest BCUT2D eigenvalue weighted by Gasteiger charge is -2.39. The lowest BCUT2D eigenvalue weighted by atomic mass is 9.96. The number of nitrogens with two attached hydrogens (primary N) is 1. The van der Waals surface area contributed by atoms with Gasteiger partial charge in [0, 0.05) is 30.6 Å². The molecule has 7 nitrogen and oxygen atoms in total. The summed E-state index contributed by atoms with van der Waals surface area (Å²) >= 11 is 6.07. The third-order valence-corrected chi connectivity index (χ3v) is 5.92. The minimum Gasteiger partial charge on any atom is -0.496 e. The first-order chi connectivity index (χ1) is 12.9. The molecule has 2 aliphatic rings. The van der Waals surface area contributed by atoms with Crippen LogP contribution < -0.4 is 15.8 Å². The van der Waals surface area contributed by atoms with E-state index in [0.717, 1.165) is 32.2 Å². The number of hydrogen-bond acceptors (Lipinski definition) is 5. The van der Waals surface area contributed by atoms with E-state index in [-0.39, 0.29) is 18.4 Å². The van der Waals surface area contributed by atoms with Crippen molar-refractivity contribution in [2.45, 2.75) is 56.7 Å². The van der Waals surface area contributed by atoms with Crippen LogP contribution in [0.4, 0.5) is 5.69 Å². The van der Waals surface area contributed by atoms with Crippen molar-refractivity contribution >= 4 is 29.2 Å². The molecule has 0 spiro atoms. The van der Waals surface area contributed by atoms with Crippen LogP contribution in [-0.4, -0.2) is 53.7 Å². The Balaban J connectivity index is 1.61. The van der Waals surface area contributed by atoms with Crippen LogP contribution in [0.2, 0.25) is 5.02 Å². The van der Waals surface area contributed by atoms with Gasteiger partial charge in [0.25, 0.3) is 5.91 Å². The lowest BCUT2D eigenvalue weighted by molar-refractivity contribution is -0.137. The number of hydrogen-bond donors (Lipinski definition) is 3. The number of halogens is 1. The van der Waals surface area contributed by atoms with Crippen molar-refractivity contribution in [3.05, 3.63) is 22.7 Å². The molecule has 0 aliphatic carbocycles. The summed E-state index contributed by atoms with van der Waals surface area (Å²) < 4.78 is 5.27. The van der Waals surface area contributed by atoms with Gasteiger partial charge in [-0.2, -0.15) is 0 Å². The van der Waals surface area contributed by atoms with Crippen LogP contribution >= 0.6 is 11.6 Å². The van der Waals surface area contributed by atoms with E-state index in [1.165, 1.54) is 7.11 Å². The molecule has 1 aromatic carbocycles. The molecule has 2 atom stereocenters. The van der Waals surface area contributed by atoms with Gasteiger partial charge in [0.15, 0.2) is 0 Å². The lowest BCUT2D eigenvalue weighted by Crippen LogP contribution is -2.50. The Morgan fingerprint density at radius 3 is 2.59 bits per heavy atom. The average Bonchev–Trinajstić information content (AvgIpc) is 2.85. The number of carboxylic acid groups (broad SMARTS) is 1. The Hall–Kier alpha value is -1.99. The van der Waals surface area contributed by atoms with Crippen molar-refractivity contribution in [3.63, 3.8) is 0 Å². The predicted octanol–water partition coefficient (Wildman–Crippen LogP) is 2.52. The molecular weight excluding hydrogens is 370 g/mol. The van der Waals surface area contributed by atoms with Crippen molar-refractivity contribution in [1.29, 1.82) is 0 Å². The van der Waals surface area contributed by atoms with Gasteiger partial charge in [-0.25, -0.2) is 0 Å². The number of carbonyl (C=O) groups is 2. The number of methoxy groups -OCH3 is 1. The van der Waals surface area contributed by atoms with Crippen LogP contribution in [-0.2, 0) is 4.79 Å². The smallest absolute Gasteiger partial charge is 0.303 e. The molecule has 3 rings (SSSR count). The molecule has 148 valence electrons. The minimum absolute atomic E-state index is 0.0896. The van der Waals surface area contributed by atoms with E-state index in [9.17, 15) is 9.59 Å². The third-order valence-electron chi connectivity index (χ3n) is 5.59. The van der Waals surface area contributed by atoms with E-state index >= 15 is 0 Å². The number of anilines is 1. The van der Waals surface area contributed by atoms with Crippen molar-refractivity contribution in [2.75, 3.05) is 19.4 Å². The van der Waals surface area contributed by atoms with E-state index < -0.39 is 5.97 Å². The minimum atomic E-state index is -0.749. The molecule has 1 aromatic rings. The quantitative estimate of drug-likeness (QED) is 0.613. The fraction of sp³-hybridized carbons (Fsp3) is 0.579. The molecule has 27 heavy (non-hydrogen) atoms. The van der Waals surface area contributed by atoms with Gasteiger partial charge in [-0.3, -0.25) is 14.5 Å². The summed E-state index contributed by atoms with van der Waals surface area (Å²) in [5.41, 5.74) is 6.54. The molecule has 2 fully saturated rings. The Bertz CT molecular complexity index is 713. The summed E-state index contributed by atoms with van der Waals surface area (Å²) in [6.07, 6.45) is 4.82. The second-order valence-corrected chi connectivity index (χ2v) is 7.74. The van der Waals surface area contributed by atoms with Gasteiger partial charge in [-0.05, 0) is 44.7 Å². The van der Waals surface area contributed by atoms with E-state index in [1.807, 2.05) is 0 Å². The van der Waals surface area contributed by atoms with Crippen molar-refractivity contribution < 1.29 is 19.4 Å². The molecular formula is C19H26ClN3O4. The summed E-state index contributed by atoms with van der Waals surface area (Å²) in [5, 5.41) is 12.3. The second-order valence-electron chi connectivity index (χ2n) is 7.34. The van der Waals surface area contributed by atoms with E-state index in [1.54, 1.807) is 12.1 Å². The van der Waals surface area contributed by atoms with Gasteiger partial charge < -0.3 is 20.9 Å². The number of rotatable bonds is 7. The SMILES string of the molecule is COc1cc(N)c(Cl)cc1C(=O)NC1CC2CCC(C1)N2CCCC(=O)O. The molecule has 8 heteroatoms. The number of carbonyl (C=O) groups excluding carboxylic acids is 1. The fourth-order valence-electron chi connectivity index (χ4n) is 4.35. The summed E-state index contributed by atoms with van der Waals surface area (Å²) in [5.74, 6) is -0.554. The Kier molecular flexibility index (Phi) is 6.11. The predicted molar refractivity (Wildman–Crippen MR) is 103 cm³/mol. The van der Waals surface area contributed by atoms with Crippen LogP contribution in [0.15, 0.2) is 12.1 Å². The molecule has 0 saturated carbocycles. The van der Waals surface area contributed by atoms with Gasteiger partial charge >= 0.3 is 5.97 Å². The number of nitrogen functional groups attached to an aromatic ring is 1. The molecule has 2 aliphatic heterocycles. The van der Waals surface area contributed by atoms with E-state index in [2.05, 4.69) is 10.2 Å². The molecule has 0 radical (unpaired) electrons. The molecule has 2 saturated heterocycles. The van der Waals surface area contributed by atoms with Crippen LogP contribution in [0.1, 0.15) is 48.9 Å². The van der Waals surface area contributed by atoms with Crippen molar-refractivity contribution in [2.24, 2.45) is 0 Å². The number of piperidine rings is 1. The summed E-state index contributed by atoms with van der Waals surface area (Å²) in [7, 11) is 1.50. The largest absolute Gasteiger partial charge is 0.496 e. The highest BCUT2D eigenvalue weighted by atomic mass is 35.5. The highest BCUT2D eigenvalue weighted by Gasteiger charge is 2.40. The Morgan fingerprint density at radius 2 is 2.00 bits per heavy atom. The maximum Gasteiger partial charge on any atom is 0.303 e. The molecule has 4 N–H and O–H groups in total. The van der Waals surface area contributed by atoms with Crippen LogP contribution in [0.5, 0.6) is 5.75 Å². The highest BCUT2D eigenvalue weighted by molar-refractivity contribution is 6.33. The normalized spacial score (nSPS) is 24.6. The first-order valence-electron chi connectivity index (χ1n) is 9.30. The highest BCUT2D eigenvalue weighted by Crippen LogP contribution is 2.36. The van der Waals surface area contributed by atoms with Gasteiger partial charge in [0.05, 0.1) is 23.4 Å². The standard InChI is InChI=1S/C19H26ClN3O4/c1-27-17-10-16(21)15(20)9-14(17)19(26)22-11-7-12-4-5-13(8-11)23(12)6-2-3-18(24)25/h9-13H,2-8,21H2,1H3,(H,22,26)(H,24,25). The van der Waals surface area contributed by atoms with Crippen LogP contribution in [0.3, 0.4) is 0 Å². The molecule has 2 unspecified atom stereocenters. The van der Waals surface area contributed by atoms with Crippen LogP contribution in [0, 0.1) is 0 Å². The van der Waals surface area contributed by atoms with Crippen LogP contribution in [0.25, 0.3) is 0 Å². The topological polar surface area (TPSA) is 105 Å².